The highest BCUT2D eigenvalue weighted by Crippen LogP contribution is 2.28. The third kappa shape index (κ3) is 3.13. The first-order valence-electron chi connectivity index (χ1n) is 5.75. The molecule has 0 unspecified atom stereocenters. The fraction of sp³-hybridized carbons (Fsp3) is 0.308. The van der Waals surface area contributed by atoms with E-state index in [-0.39, 0.29) is 6.42 Å². The summed E-state index contributed by atoms with van der Waals surface area (Å²) < 4.78 is 0. The Morgan fingerprint density at radius 3 is 2.78 bits per heavy atom. The first-order chi connectivity index (χ1) is 8.66. The lowest BCUT2D eigenvalue weighted by Crippen LogP contribution is -1.95. The van der Waals surface area contributed by atoms with Gasteiger partial charge in [0.1, 0.15) is 5.01 Å². The number of aryl methyl sites for hydroxylation is 2. The molecule has 5 heteroatoms. The zero-order valence-electron chi connectivity index (χ0n) is 10.1. The molecule has 0 saturated heterocycles. The predicted molar refractivity (Wildman–Crippen MR) is 70.7 cm³/mol. The molecular formula is C13H14N2O2S. The average Bonchev–Trinajstić information content (AvgIpc) is 2.72. The van der Waals surface area contributed by atoms with E-state index in [1.165, 1.54) is 4.88 Å². The van der Waals surface area contributed by atoms with Crippen LogP contribution in [0.4, 0.5) is 0 Å². The number of carbonyl (C=O) groups is 1. The van der Waals surface area contributed by atoms with Crippen LogP contribution >= 0.6 is 11.3 Å². The number of carboxylic acid groups (broad SMARTS) is 1. The molecule has 18 heavy (non-hydrogen) atoms. The first-order valence-corrected chi connectivity index (χ1v) is 6.57. The summed E-state index contributed by atoms with van der Waals surface area (Å²) in [5.74, 6) is -0.744. The highest BCUT2D eigenvalue weighted by Gasteiger charge is 2.09. The summed E-state index contributed by atoms with van der Waals surface area (Å²) >= 11 is 1.63. The van der Waals surface area contributed by atoms with Crippen molar-refractivity contribution in [2.45, 2.75) is 26.2 Å². The summed E-state index contributed by atoms with van der Waals surface area (Å²) in [6.45, 7) is 1.97. The molecule has 2 heterocycles. The maximum absolute atomic E-state index is 10.5. The molecule has 1 N–H and O–H groups in total. The van der Waals surface area contributed by atoms with Crippen LogP contribution in [-0.2, 0) is 11.2 Å². The lowest BCUT2D eigenvalue weighted by molar-refractivity contribution is -0.137. The second-order valence-corrected chi connectivity index (χ2v) is 5.09. The van der Waals surface area contributed by atoms with Crippen molar-refractivity contribution in [3.8, 4) is 10.6 Å². The maximum Gasteiger partial charge on any atom is 0.303 e. The molecule has 0 saturated carbocycles. The van der Waals surface area contributed by atoms with Gasteiger partial charge in [0.25, 0.3) is 0 Å². The van der Waals surface area contributed by atoms with Crippen LogP contribution in [0.25, 0.3) is 10.6 Å². The Hall–Kier alpha value is -1.75. The van der Waals surface area contributed by atoms with Crippen molar-refractivity contribution in [2.75, 3.05) is 0 Å². The minimum absolute atomic E-state index is 0.210. The summed E-state index contributed by atoms with van der Waals surface area (Å²) in [6, 6.07) is 3.86. The molecule has 0 spiro atoms. The first kappa shape index (κ1) is 12.7. The van der Waals surface area contributed by atoms with Crippen LogP contribution in [0, 0.1) is 6.92 Å². The monoisotopic (exact) mass is 262 g/mol. The van der Waals surface area contributed by atoms with Crippen molar-refractivity contribution < 1.29 is 9.90 Å². The van der Waals surface area contributed by atoms with E-state index in [9.17, 15) is 4.79 Å². The van der Waals surface area contributed by atoms with Gasteiger partial charge in [-0.3, -0.25) is 9.78 Å². The van der Waals surface area contributed by atoms with Gasteiger partial charge in [0.15, 0.2) is 0 Å². The van der Waals surface area contributed by atoms with Gasteiger partial charge in [-0.2, -0.15) is 0 Å². The smallest absolute Gasteiger partial charge is 0.303 e. The molecule has 2 aromatic rings. The molecular weight excluding hydrogens is 248 g/mol. The molecule has 0 fully saturated rings. The summed E-state index contributed by atoms with van der Waals surface area (Å²) in [7, 11) is 0. The van der Waals surface area contributed by atoms with E-state index in [1.54, 1.807) is 23.7 Å². The van der Waals surface area contributed by atoms with E-state index in [0.717, 1.165) is 22.7 Å². The molecule has 2 aromatic heterocycles. The number of thiazole rings is 1. The van der Waals surface area contributed by atoms with E-state index in [1.807, 2.05) is 19.1 Å². The summed E-state index contributed by atoms with van der Waals surface area (Å²) in [6.07, 6.45) is 5.14. The van der Waals surface area contributed by atoms with Crippen molar-refractivity contribution in [3.63, 3.8) is 0 Å². The Bertz CT molecular complexity index is 537. The van der Waals surface area contributed by atoms with Gasteiger partial charge in [-0.25, -0.2) is 4.98 Å². The number of pyridine rings is 1. The van der Waals surface area contributed by atoms with Crippen LogP contribution in [0.2, 0.25) is 0 Å². The Labute approximate surface area is 109 Å². The molecule has 0 amide bonds. The number of nitrogens with zero attached hydrogens (tertiary/aromatic N) is 2. The summed E-state index contributed by atoms with van der Waals surface area (Å²) in [5.41, 5.74) is 2.06. The fourth-order valence-electron chi connectivity index (χ4n) is 1.68. The summed E-state index contributed by atoms with van der Waals surface area (Å²) in [5, 5.41) is 9.60. The normalized spacial score (nSPS) is 10.5. The van der Waals surface area contributed by atoms with Gasteiger partial charge < -0.3 is 5.11 Å². The number of aliphatic carboxylic acids is 1. The zero-order valence-corrected chi connectivity index (χ0v) is 10.9. The molecule has 0 aliphatic heterocycles. The van der Waals surface area contributed by atoms with Crippen molar-refractivity contribution in [1.82, 2.24) is 9.97 Å². The van der Waals surface area contributed by atoms with Crippen molar-refractivity contribution in [1.29, 1.82) is 0 Å². The molecule has 0 atom stereocenters. The van der Waals surface area contributed by atoms with Crippen LogP contribution in [0.15, 0.2) is 24.5 Å². The molecule has 2 rings (SSSR count). The Kier molecular flexibility index (Phi) is 4.04. The average molecular weight is 262 g/mol. The number of hydrogen-bond acceptors (Lipinski definition) is 4. The van der Waals surface area contributed by atoms with Crippen molar-refractivity contribution >= 4 is 17.3 Å². The number of hydrogen-bond donors (Lipinski definition) is 1. The molecule has 4 nitrogen and oxygen atoms in total. The lowest BCUT2D eigenvalue weighted by Gasteiger charge is -1.95. The highest BCUT2D eigenvalue weighted by molar-refractivity contribution is 7.15. The molecule has 0 aliphatic carbocycles. The largest absolute Gasteiger partial charge is 0.481 e. The van der Waals surface area contributed by atoms with Crippen LogP contribution in [0.5, 0.6) is 0 Å². The van der Waals surface area contributed by atoms with E-state index >= 15 is 0 Å². The molecule has 0 aromatic carbocycles. The molecule has 94 valence electrons. The van der Waals surface area contributed by atoms with E-state index in [4.69, 9.17) is 5.11 Å². The zero-order chi connectivity index (χ0) is 13.0. The van der Waals surface area contributed by atoms with E-state index in [0.29, 0.717) is 6.42 Å². The minimum atomic E-state index is -0.744. The number of carboxylic acids is 1. The topological polar surface area (TPSA) is 63.1 Å². The SMILES string of the molecule is Cc1nc(-c2ccncc2)sc1CCCC(=O)O. The van der Waals surface area contributed by atoms with Crippen molar-refractivity contribution in [2.24, 2.45) is 0 Å². The van der Waals surface area contributed by atoms with E-state index in [2.05, 4.69) is 9.97 Å². The quantitative estimate of drug-likeness (QED) is 0.899. The van der Waals surface area contributed by atoms with E-state index < -0.39 is 5.97 Å². The number of rotatable bonds is 5. The summed E-state index contributed by atoms with van der Waals surface area (Å²) in [4.78, 5) is 20.2. The Balaban J connectivity index is 2.10. The predicted octanol–water partition coefficient (Wildman–Crippen LogP) is 2.92. The van der Waals surface area contributed by atoms with Crippen LogP contribution in [-0.4, -0.2) is 21.0 Å². The maximum atomic E-state index is 10.5. The lowest BCUT2D eigenvalue weighted by atomic mass is 10.2. The third-order valence-electron chi connectivity index (χ3n) is 2.61. The van der Waals surface area contributed by atoms with Crippen LogP contribution in [0.3, 0.4) is 0 Å². The van der Waals surface area contributed by atoms with Gasteiger partial charge in [0, 0.05) is 29.3 Å². The van der Waals surface area contributed by atoms with Gasteiger partial charge in [-0.05, 0) is 31.9 Å². The van der Waals surface area contributed by atoms with Gasteiger partial charge in [-0.15, -0.1) is 11.3 Å². The van der Waals surface area contributed by atoms with Crippen LogP contribution < -0.4 is 0 Å². The van der Waals surface area contributed by atoms with Gasteiger partial charge in [-0.1, -0.05) is 0 Å². The fourth-order valence-corrected chi connectivity index (χ4v) is 2.79. The Morgan fingerprint density at radius 2 is 2.11 bits per heavy atom. The second kappa shape index (κ2) is 5.73. The van der Waals surface area contributed by atoms with Gasteiger partial charge in [0.05, 0.1) is 5.69 Å². The van der Waals surface area contributed by atoms with Crippen molar-refractivity contribution in [3.05, 3.63) is 35.1 Å². The number of aromatic nitrogens is 2. The molecule has 0 bridgehead atoms. The molecule has 0 radical (unpaired) electrons. The highest BCUT2D eigenvalue weighted by atomic mass is 32.1. The standard InChI is InChI=1S/C13H14N2O2S/c1-9-11(3-2-4-12(16)17)18-13(15-9)10-5-7-14-8-6-10/h5-8H,2-4H2,1H3,(H,16,17). The van der Waals surface area contributed by atoms with Gasteiger partial charge >= 0.3 is 5.97 Å². The Morgan fingerprint density at radius 1 is 1.39 bits per heavy atom. The van der Waals surface area contributed by atoms with Gasteiger partial charge in [0.2, 0.25) is 0 Å². The minimum Gasteiger partial charge on any atom is -0.481 e. The second-order valence-electron chi connectivity index (χ2n) is 4.01. The van der Waals surface area contributed by atoms with Crippen LogP contribution in [0.1, 0.15) is 23.4 Å². The molecule has 0 aliphatic rings. The third-order valence-corrected chi connectivity index (χ3v) is 3.88.